The molecule has 1 heterocycles. The van der Waals surface area contributed by atoms with Crippen LogP contribution in [-0.4, -0.2) is 60.4 Å². The van der Waals surface area contributed by atoms with E-state index in [9.17, 15) is 9.59 Å². The van der Waals surface area contributed by atoms with Crippen LogP contribution in [0.1, 0.15) is 70.6 Å². The van der Waals surface area contributed by atoms with Gasteiger partial charge in [0.1, 0.15) is 0 Å². The monoisotopic (exact) mass is 375 g/mol. The maximum atomic E-state index is 13.2. The van der Waals surface area contributed by atoms with Gasteiger partial charge in [-0.3, -0.25) is 14.5 Å². The maximum absolute atomic E-state index is 13.2. The van der Waals surface area contributed by atoms with Crippen molar-refractivity contribution in [1.82, 2.24) is 15.1 Å². The predicted molar refractivity (Wildman–Crippen MR) is 106 cm³/mol. The number of carbonyl (C=O) groups excluding carboxylic acids is 2. The van der Waals surface area contributed by atoms with E-state index in [0.29, 0.717) is 23.7 Å². The molecule has 4 aliphatic rings. The number of amides is 2. The Morgan fingerprint density at radius 3 is 2.07 bits per heavy atom. The van der Waals surface area contributed by atoms with Crippen LogP contribution >= 0.6 is 0 Å². The third-order valence-corrected chi connectivity index (χ3v) is 7.35. The molecule has 152 valence electrons. The molecule has 0 spiro atoms. The SMILES string of the molecule is O=C(NCC1CCCCC1)C(C1CCCC1)N1CCN(C(=O)C2CC2)CC1. The zero-order valence-electron chi connectivity index (χ0n) is 16.8. The summed E-state index contributed by atoms with van der Waals surface area (Å²) in [5.74, 6) is 2.10. The van der Waals surface area contributed by atoms with Crippen molar-refractivity contribution >= 4 is 11.8 Å². The summed E-state index contributed by atoms with van der Waals surface area (Å²) in [6.45, 7) is 4.18. The largest absolute Gasteiger partial charge is 0.354 e. The highest BCUT2D eigenvalue weighted by Crippen LogP contribution is 2.33. The van der Waals surface area contributed by atoms with Gasteiger partial charge >= 0.3 is 0 Å². The van der Waals surface area contributed by atoms with Crippen molar-refractivity contribution in [3.8, 4) is 0 Å². The van der Waals surface area contributed by atoms with Gasteiger partial charge < -0.3 is 10.2 Å². The molecule has 0 aromatic carbocycles. The summed E-state index contributed by atoms with van der Waals surface area (Å²) in [6, 6.07) is 0.0225. The fraction of sp³-hybridized carbons (Fsp3) is 0.909. The lowest BCUT2D eigenvalue weighted by Gasteiger charge is -2.41. The van der Waals surface area contributed by atoms with Crippen LogP contribution in [0.15, 0.2) is 0 Å². The fourth-order valence-corrected chi connectivity index (χ4v) is 5.50. The minimum absolute atomic E-state index is 0.0225. The molecule has 0 aromatic rings. The van der Waals surface area contributed by atoms with Crippen LogP contribution in [0.3, 0.4) is 0 Å². The molecule has 1 atom stereocenters. The average molecular weight is 376 g/mol. The number of hydrogen-bond donors (Lipinski definition) is 1. The van der Waals surface area contributed by atoms with E-state index < -0.39 is 0 Å². The maximum Gasteiger partial charge on any atom is 0.237 e. The lowest BCUT2D eigenvalue weighted by Crippen LogP contribution is -2.58. The molecule has 4 fully saturated rings. The third-order valence-electron chi connectivity index (χ3n) is 7.35. The van der Waals surface area contributed by atoms with E-state index >= 15 is 0 Å². The molecule has 27 heavy (non-hydrogen) atoms. The fourth-order valence-electron chi connectivity index (χ4n) is 5.50. The van der Waals surface area contributed by atoms with Crippen molar-refractivity contribution in [3.63, 3.8) is 0 Å². The molecule has 3 saturated carbocycles. The molecule has 1 N–H and O–H groups in total. The van der Waals surface area contributed by atoms with Gasteiger partial charge in [-0.25, -0.2) is 0 Å². The van der Waals surface area contributed by atoms with Crippen molar-refractivity contribution in [2.45, 2.75) is 76.7 Å². The zero-order valence-corrected chi connectivity index (χ0v) is 16.8. The molecular formula is C22H37N3O2. The second kappa shape index (κ2) is 8.93. The van der Waals surface area contributed by atoms with Gasteiger partial charge in [0, 0.05) is 38.6 Å². The van der Waals surface area contributed by atoms with Gasteiger partial charge in [-0.05, 0) is 50.4 Å². The van der Waals surface area contributed by atoms with Crippen LogP contribution in [0.4, 0.5) is 0 Å². The molecule has 1 aliphatic heterocycles. The predicted octanol–water partition coefficient (Wildman–Crippen LogP) is 2.80. The second-order valence-corrected chi connectivity index (χ2v) is 9.37. The topological polar surface area (TPSA) is 52.7 Å². The Kier molecular flexibility index (Phi) is 6.36. The Morgan fingerprint density at radius 1 is 0.815 bits per heavy atom. The lowest BCUT2D eigenvalue weighted by atomic mass is 9.89. The van der Waals surface area contributed by atoms with Crippen LogP contribution in [0.2, 0.25) is 0 Å². The smallest absolute Gasteiger partial charge is 0.237 e. The Balaban J connectivity index is 1.32. The van der Waals surface area contributed by atoms with Crippen LogP contribution in [0.5, 0.6) is 0 Å². The second-order valence-electron chi connectivity index (χ2n) is 9.37. The van der Waals surface area contributed by atoms with E-state index in [1.807, 2.05) is 4.90 Å². The van der Waals surface area contributed by atoms with Gasteiger partial charge in [0.05, 0.1) is 6.04 Å². The zero-order chi connectivity index (χ0) is 18.6. The highest BCUT2D eigenvalue weighted by molar-refractivity contribution is 5.83. The van der Waals surface area contributed by atoms with Crippen LogP contribution < -0.4 is 5.32 Å². The highest BCUT2D eigenvalue weighted by Gasteiger charge is 2.39. The van der Waals surface area contributed by atoms with E-state index in [2.05, 4.69) is 10.2 Å². The first kappa shape index (κ1) is 19.2. The van der Waals surface area contributed by atoms with E-state index in [1.165, 1.54) is 57.8 Å². The van der Waals surface area contributed by atoms with Crippen molar-refractivity contribution < 1.29 is 9.59 Å². The standard InChI is InChI=1S/C22H37N3O2/c26-21(23-16-17-6-2-1-3-7-17)20(18-8-4-5-9-18)24-12-14-25(15-13-24)22(27)19-10-11-19/h17-20H,1-16H2,(H,23,26). The van der Waals surface area contributed by atoms with E-state index in [1.54, 1.807) is 0 Å². The lowest BCUT2D eigenvalue weighted by molar-refractivity contribution is -0.136. The Labute approximate surface area is 164 Å². The summed E-state index contributed by atoms with van der Waals surface area (Å²) in [4.78, 5) is 29.9. The molecule has 0 radical (unpaired) electrons. The first-order valence-corrected chi connectivity index (χ1v) is 11.5. The van der Waals surface area contributed by atoms with Gasteiger partial charge in [-0.1, -0.05) is 32.1 Å². The summed E-state index contributed by atoms with van der Waals surface area (Å²) in [6.07, 6.45) is 13.6. The molecule has 4 rings (SSSR count). The summed E-state index contributed by atoms with van der Waals surface area (Å²) in [5, 5.41) is 3.33. The number of piperazine rings is 1. The molecule has 5 nitrogen and oxygen atoms in total. The summed E-state index contributed by atoms with van der Waals surface area (Å²) in [5.41, 5.74) is 0. The van der Waals surface area contributed by atoms with Crippen molar-refractivity contribution in [2.75, 3.05) is 32.7 Å². The van der Waals surface area contributed by atoms with E-state index in [-0.39, 0.29) is 11.9 Å². The first-order chi connectivity index (χ1) is 13.2. The van der Waals surface area contributed by atoms with E-state index in [0.717, 1.165) is 45.6 Å². The quantitative estimate of drug-likeness (QED) is 0.777. The van der Waals surface area contributed by atoms with Gasteiger partial charge in [0.25, 0.3) is 0 Å². The van der Waals surface area contributed by atoms with Crippen LogP contribution in [0, 0.1) is 17.8 Å². The highest BCUT2D eigenvalue weighted by atomic mass is 16.2. The Morgan fingerprint density at radius 2 is 1.44 bits per heavy atom. The average Bonchev–Trinajstić information content (AvgIpc) is 3.43. The summed E-state index contributed by atoms with van der Waals surface area (Å²) < 4.78 is 0. The van der Waals surface area contributed by atoms with Crippen LogP contribution in [0.25, 0.3) is 0 Å². The molecule has 1 saturated heterocycles. The van der Waals surface area contributed by atoms with Crippen molar-refractivity contribution in [1.29, 1.82) is 0 Å². The van der Waals surface area contributed by atoms with Gasteiger partial charge in [-0.2, -0.15) is 0 Å². The normalized spacial score (nSPS) is 26.9. The number of nitrogens with one attached hydrogen (secondary N) is 1. The molecular weight excluding hydrogens is 338 g/mol. The number of rotatable bonds is 6. The summed E-state index contributed by atoms with van der Waals surface area (Å²) in [7, 11) is 0. The first-order valence-electron chi connectivity index (χ1n) is 11.5. The molecule has 2 amide bonds. The van der Waals surface area contributed by atoms with Gasteiger partial charge in [0.2, 0.25) is 11.8 Å². The van der Waals surface area contributed by atoms with E-state index in [4.69, 9.17) is 0 Å². The number of hydrogen-bond acceptors (Lipinski definition) is 3. The van der Waals surface area contributed by atoms with Gasteiger partial charge in [0.15, 0.2) is 0 Å². The molecule has 3 aliphatic carbocycles. The summed E-state index contributed by atoms with van der Waals surface area (Å²) >= 11 is 0. The molecule has 0 bridgehead atoms. The molecule has 5 heteroatoms. The molecule has 1 unspecified atom stereocenters. The van der Waals surface area contributed by atoms with Crippen LogP contribution in [-0.2, 0) is 9.59 Å². The Bertz CT molecular complexity index is 514. The Hall–Kier alpha value is -1.10. The van der Waals surface area contributed by atoms with Crippen molar-refractivity contribution in [2.24, 2.45) is 17.8 Å². The number of carbonyl (C=O) groups is 2. The molecule has 0 aromatic heterocycles. The minimum atomic E-state index is 0.0225. The van der Waals surface area contributed by atoms with Gasteiger partial charge in [-0.15, -0.1) is 0 Å². The van der Waals surface area contributed by atoms with Crippen molar-refractivity contribution in [3.05, 3.63) is 0 Å². The third kappa shape index (κ3) is 4.85. The number of nitrogens with zero attached hydrogens (tertiary/aromatic N) is 2. The minimum Gasteiger partial charge on any atom is -0.354 e.